The maximum atomic E-state index is 13.8. The fourth-order valence-corrected chi connectivity index (χ4v) is 6.20. The molecule has 0 fully saturated rings. The Morgan fingerprint density at radius 3 is 2.27 bits per heavy atom. The van der Waals surface area contributed by atoms with Crippen LogP contribution in [0, 0.1) is 0 Å². The van der Waals surface area contributed by atoms with Gasteiger partial charge in [-0.2, -0.15) is 0 Å². The van der Waals surface area contributed by atoms with Gasteiger partial charge in [0.25, 0.3) is 10.0 Å². The van der Waals surface area contributed by atoms with Gasteiger partial charge in [0, 0.05) is 5.54 Å². The number of aliphatic hydroxyl groups excluding tert-OH is 1. The number of fused-ring (bicyclic) bond motifs is 1. The third-order valence-corrected chi connectivity index (χ3v) is 8.14. The van der Waals surface area contributed by atoms with Gasteiger partial charge in [-0.25, -0.2) is 26.6 Å². The molecule has 0 aliphatic carbocycles. The van der Waals surface area contributed by atoms with E-state index in [1.54, 1.807) is 58.9 Å². The molecule has 1 aromatic heterocycles. The first-order valence-electron chi connectivity index (χ1n) is 12.8. The third kappa shape index (κ3) is 8.39. The van der Waals surface area contributed by atoms with E-state index in [2.05, 4.69) is 14.7 Å². The molecule has 2 unspecified atom stereocenters. The molecule has 3 rings (SSSR count). The van der Waals surface area contributed by atoms with Gasteiger partial charge in [-0.05, 0) is 64.8 Å². The number of imidazole rings is 1. The fourth-order valence-electron chi connectivity index (χ4n) is 4.38. The smallest absolute Gasteiger partial charge is 0.408 e. The topological polar surface area (TPSA) is 182 Å². The summed E-state index contributed by atoms with van der Waals surface area (Å²) < 4.78 is 53.6. The van der Waals surface area contributed by atoms with Crippen molar-refractivity contribution in [3.63, 3.8) is 0 Å². The molecule has 0 bridgehead atoms. The summed E-state index contributed by atoms with van der Waals surface area (Å²) in [5, 5.41) is 21.6. The van der Waals surface area contributed by atoms with Gasteiger partial charge in [-0.3, -0.25) is 14.5 Å². The Morgan fingerprint density at radius 1 is 1.10 bits per heavy atom. The van der Waals surface area contributed by atoms with E-state index >= 15 is 0 Å². The number of aromatic amines is 1. The molecule has 3 aromatic rings. The lowest BCUT2D eigenvalue weighted by atomic mass is 9.95. The molecule has 0 saturated carbocycles. The van der Waals surface area contributed by atoms with Crippen molar-refractivity contribution in [1.29, 1.82) is 0 Å². The maximum absolute atomic E-state index is 13.8. The summed E-state index contributed by atoms with van der Waals surface area (Å²) in [6.07, 6.45) is -2.28. The number of carbonyl (C=O) groups is 1. The first-order valence-corrected chi connectivity index (χ1v) is 16.1. The SMILES string of the molecule is CC(C)ON(CC(O)C(Cc1ccccc1)N(C(=O)O)C(C)(C)C)S(=O)(=O)c1ccc2nc(NS(C)(=O)=O)[nH]c2c1. The van der Waals surface area contributed by atoms with Crippen LogP contribution in [0.1, 0.15) is 40.2 Å². The Kier molecular flexibility index (Phi) is 9.70. The van der Waals surface area contributed by atoms with Gasteiger partial charge in [-0.15, -0.1) is 0 Å². The number of amides is 1. The lowest BCUT2D eigenvalue weighted by Gasteiger charge is -2.42. The molecule has 13 nitrogen and oxygen atoms in total. The van der Waals surface area contributed by atoms with Crippen LogP contribution < -0.4 is 4.72 Å². The molecule has 2 aromatic carbocycles. The van der Waals surface area contributed by atoms with Crippen molar-refractivity contribution in [2.75, 3.05) is 17.5 Å². The minimum atomic E-state index is -4.40. The molecule has 1 heterocycles. The summed E-state index contributed by atoms with van der Waals surface area (Å²) in [7, 11) is -8.02. The molecular formula is C26H37N5O8S2. The molecule has 0 aliphatic heterocycles. The monoisotopic (exact) mass is 611 g/mol. The third-order valence-electron chi connectivity index (χ3n) is 5.96. The number of hydrogen-bond donors (Lipinski definition) is 4. The van der Waals surface area contributed by atoms with Gasteiger partial charge in [-0.1, -0.05) is 34.8 Å². The van der Waals surface area contributed by atoms with Crippen LogP contribution >= 0.6 is 0 Å². The predicted molar refractivity (Wildman–Crippen MR) is 154 cm³/mol. The Balaban J connectivity index is 2.00. The van der Waals surface area contributed by atoms with Crippen LogP contribution in [0.25, 0.3) is 11.0 Å². The van der Waals surface area contributed by atoms with E-state index in [4.69, 9.17) is 4.84 Å². The summed E-state index contributed by atoms with van der Waals surface area (Å²) in [5.74, 6) is -0.0811. The number of nitrogens with one attached hydrogen (secondary N) is 2. The lowest BCUT2D eigenvalue weighted by molar-refractivity contribution is -0.141. The van der Waals surface area contributed by atoms with E-state index in [9.17, 15) is 31.8 Å². The Morgan fingerprint density at radius 2 is 1.73 bits per heavy atom. The van der Waals surface area contributed by atoms with Crippen molar-refractivity contribution in [2.45, 2.75) is 69.7 Å². The highest BCUT2D eigenvalue weighted by Gasteiger charge is 2.40. The van der Waals surface area contributed by atoms with Crippen molar-refractivity contribution < 1.29 is 36.7 Å². The number of hydroxylamine groups is 1. The molecule has 0 saturated heterocycles. The zero-order valence-corrected chi connectivity index (χ0v) is 25.4. The molecule has 41 heavy (non-hydrogen) atoms. The van der Waals surface area contributed by atoms with Crippen molar-refractivity contribution in [2.24, 2.45) is 0 Å². The van der Waals surface area contributed by atoms with Crippen LogP contribution in [0.5, 0.6) is 0 Å². The van der Waals surface area contributed by atoms with Crippen molar-refractivity contribution in [1.82, 2.24) is 19.3 Å². The van der Waals surface area contributed by atoms with Crippen LogP contribution in [0.2, 0.25) is 0 Å². The van der Waals surface area contributed by atoms with Crippen molar-refractivity contribution in [3.8, 4) is 0 Å². The van der Waals surface area contributed by atoms with Gasteiger partial charge >= 0.3 is 6.09 Å². The average Bonchev–Trinajstić information content (AvgIpc) is 3.22. The molecule has 0 radical (unpaired) electrons. The van der Waals surface area contributed by atoms with Crippen LogP contribution in [0.4, 0.5) is 10.7 Å². The van der Waals surface area contributed by atoms with E-state index < -0.39 is 56.5 Å². The maximum Gasteiger partial charge on any atom is 0.408 e. The Labute approximate surface area is 240 Å². The molecule has 1 amide bonds. The first-order chi connectivity index (χ1) is 18.9. The minimum Gasteiger partial charge on any atom is -0.465 e. The number of benzene rings is 2. The second-order valence-corrected chi connectivity index (χ2v) is 14.5. The van der Waals surface area contributed by atoms with Gasteiger partial charge in [0.1, 0.15) is 0 Å². The van der Waals surface area contributed by atoms with E-state index in [-0.39, 0.29) is 22.8 Å². The number of sulfonamides is 2. The van der Waals surface area contributed by atoms with Crippen LogP contribution in [0.15, 0.2) is 53.4 Å². The average molecular weight is 612 g/mol. The van der Waals surface area contributed by atoms with E-state index in [0.29, 0.717) is 9.99 Å². The number of rotatable bonds is 12. The van der Waals surface area contributed by atoms with E-state index in [1.807, 2.05) is 6.07 Å². The van der Waals surface area contributed by atoms with Gasteiger partial charge in [0.05, 0.1) is 47.0 Å². The zero-order valence-electron chi connectivity index (χ0n) is 23.8. The molecular weight excluding hydrogens is 574 g/mol. The highest BCUT2D eigenvalue weighted by molar-refractivity contribution is 7.92. The van der Waals surface area contributed by atoms with Gasteiger partial charge in [0.15, 0.2) is 0 Å². The standard InChI is InChI=1S/C26H37N5O8S2/c1-17(2)39-30(41(37,38)19-12-13-20-21(15-19)28-24(27-20)29-40(6,35)36)16-23(32)22(14-18-10-8-7-9-11-18)31(25(33)34)26(3,4)5/h7-13,15,17,22-23,32H,14,16H2,1-6H3,(H,33,34)(H2,27,28,29). The van der Waals surface area contributed by atoms with Gasteiger partial charge in [0.2, 0.25) is 16.0 Å². The molecule has 226 valence electrons. The quantitative estimate of drug-likeness (QED) is 0.224. The number of hydrogen-bond acceptors (Lipinski definition) is 8. The number of anilines is 1. The lowest BCUT2D eigenvalue weighted by Crippen LogP contribution is -2.58. The van der Waals surface area contributed by atoms with Crippen LogP contribution in [-0.2, 0) is 31.3 Å². The fraction of sp³-hybridized carbons (Fsp3) is 0.462. The number of H-pyrrole nitrogens is 1. The van der Waals surface area contributed by atoms with Crippen LogP contribution in [0.3, 0.4) is 0 Å². The first kappa shape index (κ1) is 32.3. The van der Waals surface area contributed by atoms with Crippen LogP contribution in [-0.4, -0.2) is 89.1 Å². The highest BCUT2D eigenvalue weighted by atomic mass is 32.2. The molecule has 2 atom stereocenters. The van der Waals surface area contributed by atoms with Gasteiger partial charge < -0.3 is 15.2 Å². The van der Waals surface area contributed by atoms with Crippen molar-refractivity contribution >= 4 is 43.1 Å². The highest BCUT2D eigenvalue weighted by Crippen LogP contribution is 2.27. The molecule has 4 N–H and O–H groups in total. The minimum absolute atomic E-state index is 0.0811. The summed E-state index contributed by atoms with van der Waals surface area (Å²) in [4.78, 5) is 25.8. The molecule has 0 spiro atoms. The second-order valence-electron chi connectivity index (χ2n) is 10.9. The Bertz CT molecular complexity index is 1570. The number of carboxylic acid groups (broad SMARTS) is 1. The second kappa shape index (κ2) is 12.3. The summed E-state index contributed by atoms with van der Waals surface area (Å²) >= 11 is 0. The largest absolute Gasteiger partial charge is 0.465 e. The molecule has 15 heteroatoms. The van der Waals surface area contributed by atoms with E-state index in [1.165, 1.54) is 18.2 Å². The number of aliphatic hydroxyl groups is 1. The summed E-state index contributed by atoms with van der Waals surface area (Å²) in [6.45, 7) is 7.75. The predicted octanol–water partition coefficient (Wildman–Crippen LogP) is 3.02. The summed E-state index contributed by atoms with van der Waals surface area (Å²) in [5.41, 5.74) is 0.401. The number of nitrogens with zero attached hydrogens (tertiary/aromatic N) is 3. The van der Waals surface area contributed by atoms with E-state index in [0.717, 1.165) is 16.7 Å². The number of aromatic nitrogens is 2. The van der Waals surface area contributed by atoms with Crippen molar-refractivity contribution in [3.05, 3.63) is 54.1 Å². The summed E-state index contributed by atoms with van der Waals surface area (Å²) in [6, 6.07) is 11.9. The normalized spacial score (nSPS) is 14.4. The zero-order chi connectivity index (χ0) is 30.8. The Hall–Kier alpha value is -3.24. The molecule has 0 aliphatic rings.